The van der Waals surface area contributed by atoms with Crippen LogP contribution in [0.2, 0.25) is 0 Å². The lowest BCUT2D eigenvalue weighted by Gasteiger charge is -2.31. The highest BCUT2D eigenvalue weighted by molar-refractivity contribution is 5.96. The van der Waals surface area contributed by atoms with E-state index in [0.29, 0.717) is 19.7 Å². The van der Waals surface area contributed by atoms with Gasteiger partial charge in [-0.25, -0.2) is 4.79 Å². The topological polar surface area (TPSA) is 58.6 Å². The number of likely N-dealkylation sites (tertiary alicyclic amines) is 1. The summed E-state index contributed by atoms with van der Waals surface area (Å²) in [5.41, 5.74) is 2.86. The first kappa shape index (κ1) is 16.3. The Bertz CT molecular complexity index is 549. The molecule has 2 amide bonds. The monoisotopic (exact) mass is 304 g/mol. The van der Waals surface area contributed by atoms with Crippen LogP contribution in [0.5, 0.6) is 0 Å². The Labute approximate surface area is 131 Å². The maximum absolute atomic E-state index is 12.4. The first-order valence-corrected chi connectivity index (χ1v) is 7.81. The third-order valence-electron chi connectivity index (χ3n) is 4.21. The number of aryl methyl sites for hydroxylation is 1. The van der Waals surface area contributed by atoms with Crippen LogP contribution in [-0.2, 0) is 4.74 Å². The van der Waals surface area contributed by atoms with Crippen molar-refractivity contribution in [1.29, 1.82) is 0 Å². The Balaban J connectivity index is 1.89. The van der Waals surface area contributed by atoms with Crippen molar-refractivity contribution in [2.75, 3.05) is 19.7 Å². The van der Waals surface area contributed by atoms with Gasteiger partial charge in [0.1, 0.15) is 0 Å². The number of nitrogens with zero attached hydrogens (tertiary/aromatic N) is 1. The zero-order valence-corrected chi connectivity index (χ0v) is 13.5. The van der Waals surface area contributed by atoms with Crippen LogP contribution in [0.4, 0.5) is 4.79 Å². The molecule has 0 spiro atoms. The summed E-state index contributed by atoms with van der Waals surface area (Å²) in [5.74, 6) is -0.0317. The van der Waals surface area contributed by atoms with Gasteiger partial charge in [0.15, 0.2) is 0 Å². The van der Waals surface area contributed by atoms with E-state index in [4.69, 9.17) is 4.74 Å². The molecule has 0 radical (unpaired) electrons. The van der Waals surface area contributed by atoms with Crippen LogP contribution in [0.15, 0.2) is 18.2 Å². The summed E-state index contributed by atoms with van der Waals surface area (Å²) in [5, 5.41) is 3.08. The summed E-state index contributed by atoms with van der Waals surface area (Å²) in [6.45, 7) is 7.40. The number of carbonyl (C=O) groups excluding carboxylic acids is 2. The molecule has 1 aliphatic heterocycles. The van der Waals surface area contributed by atoms with Crippen LogP contribution < -0.4 is 5.32 Å². The fourth-order valence-corrected chi connectivity index (χ4v) is 2.68. The van der Waals surface area contributed by atoms with E-state index in [2.05, 4.69) is 5.32 Å². The third kappa shape index (κ3) is 3.78. The second kappa shape index (κ2) is 7.29. The summed E-state index contributed by atoms with van der Waals surface area (Å²) in [4.78, 5) is 25.7. The zero-order chi connectivity index (χ0) is 16.1. The molecular formula is C17H24N2O3. The van der Waals surface area contributed by atoms with Gasteiger partial charge in [-0.15, -0.1) is 0 Å². The van der Waals surface area contributed by atoms with Gasteiger partial charge >= 0.3 is 6.09 Å². The first-order valence-electron chi connectivity index (χ1n) is 7.81. The molecule has 0 aliphatic carbocycles. The molecule has 5 heteroatoms. The Kier molecular flexibility index (Phi) is 5.41. The van der Waals surface area contributed by atoms with E-state index in [9.17, 15) is 9.59 Å². The average molecular weight is 304 g/mol. The van der Waals surface area contributed by atoms with E-state index in [0.717, 1.165) is 29.5 Å². The summed E-state index contributed by atoms with van der Waals surface area (Å²) in [6.07, 6.45) is 1.26. The molecule has 1 aliphatic rings. The van der Waals surface area contributed by atoms with Gasteiger partial charge in [0.05, 0.1) is 6.61 Å². The summed E-state index contributed by atoms with van der Waals surface area (Å²) in [6, 6.07) is 5.87. The van der Waals surface area contributed by atoms with Gasteiger partial charge in [0.2, 0.25) is 0 Å². The Hall–Kier alpha value is -2.04. The Morgan fingerprint density at radius 3 is 2.59 bits per heavy atom. The predicted molar refractivity (Wildman–Crippen MR) is 85.0 cm³/mol. The molecule has 0 bridgehead atoms. The molecule has 120 valence electrons. The van der Waals surface area contributed by atoms with Crippen molar-refractivity contribution in [1.82, 2.24) is 10.2 Å². The van der Waals surface area contributed by atoms with Gasteiger partial charge < -0.3 is 15.0 Å². The number of hydrogen-bond acceptors (Lipinski definition) is 3. The minimum absolute atomic E-state index is 0.0317. The van der Waals surface area contributed by atoms with Crippen molar-refractivity contribution in [3.63, 3.8) is 0 Å². The van der Waals surface area contributed by atoms with Gasteiger partial charge in [-0.2, -0.15) is 0 Å². The molecule has 22 heavy (non-hydrogen) atoms. The number of piperidine rings is 1. The highest BCUT2D eigenvalue weighted by Crippen LogP contribution is 2.15. The largest absolute Gasteiger partial charge is 0.450 e. The second-order valence-electron chi connectivity index (χ2n) is 5.68. The van der Waals surface area contributed by atoms with Gasteiger partial charge in [-0.3, -0.25) is 4.79 Å². The normalized spacial score (nSPS) is 15.5. The average Bonchev–Trinajstić information content (AvgIpc) is 2.51. The Morgan fingerprint density at radius 2 is 1.95 bits per heavy atom. The van der Waals surface area contributed by atoms with Gasteiger partial charge in [0, 0.05) is 24.7 Å². The Morgan fingerprint density at radius 1 is 1.27 bits per heavy atom. The lowest BCUT2D eigenvalue weighted by molar-refractivity contribution is 0.0859. The molecule has 0 aromatic heterocycles. The third-order valence-corrected chi connectivity index (χ3v) is 4.21. The first-order chi connectivity index (χ1) is 10.5. The number of hydrogen-bond donors (Lipinski definition) is 1. The van der Waals surface area contributed by atoms with E-state index in [1.54, 1.807) is 11.8 Å². The van der Waals surface area contributed by atoms with Gasteiger partial charge in [-0.1, -0.05) is 12.1 Å². The summed E-state index contributed by atoms with van der Waals surface area (Å²) in [7, 11) is 0. The lowest BCUT2D eigenvalue weighted by Crippen LogP contribution is -2.46. The van der Waals surface area contributed by atoms with Crippen molar-refractivity contribution >= 4 is 12.0 Å². The highest BCUT2D eigenvalue weighted by atomic mass is 16.6. The molecule has 0 unspecified atom stereocenters. The molecule has 1 aromatic rings. The minimum atomic E-state index is -0.262. The van der Waals surface area contributed by atoms with E-state index >= 15 is 0 Å². The molecule has 0 atom stereocenters. The molecule has 2 rings (SSSR count). The fourth-order valence-electron chi connectivity index (χ4n) is 2.68. The molecule has 1 fully saturated rings. The molecular weight excluding hydrogens is 280 g/mol. The van der Waals surface area contributed by atoms with Gasteiger partial charge in [-0.05, 0) is 50.8 Å². The van der Waals surface area contributed by atoms with Crippen LogP contribution in [0.1, 0.15) is 41.3 Å². The molecule has 1 saturated heterocycles. The second-order valence-corrected chi connectivity index (χ2v) is 5.68. The molecule has 1 N–H and O–H groups in total. The fraction of sp³-hybridized carbons (Fsp3) is 0.529. The SMILES string of the molecule is CCOC(=O)N1CCC(NC(=O)c2cccc(C)c2C)CC1. The predicted octanol–water partition coefficient (Wildman–Crippen LogP) is 2.65. The van der Waals surface area contributed by atoms with Crippen molar-refractivity contribution < 1.29 is 14.3 Å². The van der Waals surface area contributed by atoms with Crippen LogP contribution >= 0.6 is 0 Å². The minimum Gasteiger partial charge on any atom is -0.450 e. The van der Waals surface area contributed by atoms with Crippen LogP contribution in [0.25, 0.3) is 0 Å². The van der Waals surface area contributed by atoms with E-state index in [-0.39, 0.29) is 18.0 Å². The maximum atomic E-state index is 12.4. The van der Waals surface area contributed by atoms with E-state index in [1.165, 1.54) is 0 Å². The van der Waals surface area contributed by atoms with Crippen LogP contribution in [0.3, 0.4) is 0 Å². The standard InChI is InChI=1S/C17H24N2O3/c1-4-22-17(21)19-10-8-14(9-11-19)18-16(20)15-7-5-6-12(2)13(15)3/h5-7,14H,4,8-11H2,1-3H3,(H,18,20). The molecule has 1 heterocycles. The summed E-state index contributed by atoms with van der Waals surface area (Å²) >= 11 is 0. The number of rotatable bonds is 3. The van der Waals surface area contributed by atoms with E-state index in [1.807, 2.05) is 32.0 Å². The molecule has 0 saturated carbocycles. The molecule has 1 aromatic carbocycles. The lowest BCUT2D eigenvalue weighted by atomic mass is 10.0. The van der Waals surface area contributed by atoms with Crippen molar-refractivity contribution in [2.45, 2.75) is 39.7 Å². The number of ether oxygens (including phenoxy) is 1. The highest BCUT2D eigenvalue weighted by Gasteiger charge is 2.25. The van der Waals surface area contributed by atoms with Crippen molar-refractivity contribution in [3.05, 3.63) is 34.9 Å². The van der Waals surface area contributed by atoms with Crippen molar-refractivity contribution in [2.24, 2.45) is 0 Å². The molecule has 5 nitrogen and oxygen atoms in total. The summed E-state index contributed by atoms with van der Waals surface area (Å²) < 4.78 is 5.00. The quantitative estimate of drug-likeness (QED) is 0.934. The maximum Gasteiger partial charge on any atom is 0.409 e. The van der Waals surface area contributed by atoms with Crippen molar-refractivity contribution in [3.8, 4) is 0 Å². The van der Waals surface area contributed by atoms with Crippen LogP contribution in [0, 0.1) is 13.8 Å². The van der Waals surface area contributed by atoms with Gasteiger partial charge in [0.25, 0.3) is 5.91 Å². The number of nitrogens with one attached hydrogen (secondary N) is 1. The smallest absolute Gasteiger partial charge is 0.409 e. The van der Waals surface area contributed by atoms with E-state index < -0.39 is 0 Å². The zero-order valence-electron chi connectivity index (χ0n) is 13.5. The number of amides is 2. The van der Waals surface area contributed by atoms with Crippen LogP contribution in [-0.4, -0.2) is 42.6 Å². The number of benzene rings is 1. The number of carbonyl (C=O) groups is 2.